The minimum Gasteiger partial charge on any atom is -0.598 e. The lowest BCUT2D eigenvalue weighted by Gasteiger charge is -2.35. The standard InChI is InChI=1S/C17H26ClFN2O2S/c1-10-9-12(22)13(15(19)14(10)18)16(11-5-7-20-8-6-11)21-24(23)17(2,3)4/h9,11,16,20-22H,5-8H2,1-4H3/t16?,24-/m0/s1. The summed E-state index contributed by atoms with van der Waals surface area (Å²) in [6.07, 6.45) is 1.62. The molecule has 1 aromatic rings. The predicted molar refractivity (Wildman–Crippen MR) is 97.2 cm³/mol. The van der Waals surface area contributed by atoms with Crippen molar-refractivity contribution in [3.63, 3.8) is 0 Å². The van der Waals surface area contributed by atoms with Gasteiger partial charge in [-0.3, -0.25) is 0 Å². The van der Waals surface area contributed by atoms with Gasteiger partial charge >= 0.3 is 0 Å². The van der Waals surface area contributed by atoms with Crippen LogP contribution in [-0.4, -0.2) is 27.5 Å². The predicted octanol–water partition coefficient (Wildman–Crippen LogP) is 3.59. The van der Waals surface area contributed by atoms with E-state index in [2.05, 4.69) is 10.0 Å². The minimum absolute atomic E-state index is 0.00470. The topological polar surface area (TPSA) is 67.3 Å². The van der Waals surface area contributed by atoms with Gasteiger partial charge in [0, 0.05) is 11.4 Å². The van der Waals surface area contributed by atoms with Crippen LogP contribution in [0.1, 0.15) is 50.8 Å². The van der Waals surface area contributed by atoms with E-state index in [1.807, 2.05) is 20.8 Å². The van der Waals surface area contributed by atoms with E-state index < -0.39 is 28.0 Å². The van der Waals surface area contributed by atoms with E-state index >= 15 is 0 Å². The van der Waals surface area contributed by atoms with Crippen molar-refractivity contribution in [1.29, 1.82) is 0 Å². The molecule has 0 saturated carbocycles. The number of hydrogen-bond acceptors (Lipinski definition) is 4. The largest absolute Gasteiger partial charge is 0.598 e. The fraction of sp³-hybridized carbons (Fsp3) is 0.647. The SMILES string of the molecule is Cc1cc(O)c(C(N[S@@+]([O-])C(C)(C)C)C2CCNCC2)c(F)c1Cl. The number of phenols is 1. The molecular formula is C17H26ClFN2O2S. The van der Waals surface area contributed by atoms with E-state index in [4.69, 9.17) is 11.6 Å². The first-order valence-electron chi connectivity index (χ1n) is 8.19. The number of aromatic hydroxyl groups is 1. The Morgan fingerprint density at radius 3 is 2.54 bits per heavy atom. The summed E-state index contributed by atoms with van der Waals surface area (Å²) in [4.78, 5) is 0. The van der Waals surface area contributed by atoms with Crippen LogP contribution >= 0.6 is 11.6 Å². The zero-order valence-electron chi connectivity index (χ0n) is 14.6. The molecule has 1 aliphatic heterocycles. The second-order valence-electron chi connectivity index (χ2n) is 7.32. The van der Waals surface area contributed by atoms with Gasteiger partial charge in [-0.2, -0.15) is 0 Å². The Balaban J connectivity index is 2.44. The fourth-order valence-electron chi connectivity index (χ4n) is 2.91. The van der Waals surface area contributed by atoms with Gasteiger partial charge in [0.05, 0.1) is 16.6 Å². The molecule has 7 heteroatoms. The number of piperidine rings is 1. The van der Waals surface area contributed by atoms with Gasteiger partial charge in [0.15, 0.2) is 5.82 Å². The van der Waals surface area contributed by atoms with Gasteiger partial charge in [0.2, 0.25) is 0 Å². The molecule has 2 atom stereocenters. The van der Waals surface area contributed by atoms with E-state index in [0.717, 1.165) is 25.9 Å². The van der Waals surface area contributed by atoms with E-state index in [1.165, 1.54) is 6.07 Å². The summed E-state index contributed by atoms with van der Waals surface area (Å²) in [6, 6.07) is 0.918. The van der Waals surface area contributed by atoms with Crippen LogP contribution in [0.5, 0.6) is 5.75 Å². The van der Waals surface area contributed by atoms with Crippen molar-refractivity contribution >= 4 is 23.0 Å². The molecule has 136 valence electrons. The quantitative estimate of drug-likeness (QED) is 0.702. The van der Waals surface area contributed by atoms with Gasteiger partial charge in [0.25, 0.3) is 0 Å². The molecule has 3 N–H and O–H groups in total. The Bertz CT molecular complexity index is 589. The first kappa shape index (κ1) is 19.8. The maximum absolute atomic E-state index is 14.8. The molecule has 0 spiro atoms. The van der Waals surface area contributed by atoms with Crippen molar-refractivity contribution in [2.75, 3.05) is 13.1 Å². The van der Waals surface area contributed by atoms with Crippen molar-refractivity contribution in [2.45, 2.75) is 51.3 Å². The van der Waals surface area contributed by atoms with Crippen LogP contribution in [0.15, 0.2) is 6.07 Å². The summed E-state index contributed by atoms with van der Waals surface area (Å²) in [5, 5.41) is 13.6. The average Bonchev–Trinajstić information content (AvgIpc) is 2.51. The highest BCUT2D eigenvalue weighted by atomic mass is 35.5. The Kier molecular flexibility index (Phi) is 6.42. The van der Waals surface area contributed by atoms with E-state index in [0.29, 0.717) is 5.56 Å². The third kappa shape index (κ3) is 4.35. The van der Waals surface area contributed by atoms with E-state index in [-0.39, 0.29) is 22.3 Å². The van der Waals surface area contributed by atoms with E-state index in [9.17, 15) is 14.0 Å². The highest BCUT2D eigenvalue weighted by Gasteiger charge is 2.37. The van der Waals surface area contributed by atoms with Crippen LogP contribution in [0.3, 0.4) is 0 Å². The first-order valence-corrected chi connectivity index (χ1v) is 9.72. The summed E-state index contributed by atoms with van der Waals surface area (Å²) in [5.74, 6) is -0.704. The number of benzene rings is 1. The maximum Gasteiger partial charge on any atom is 0.150 e. The number of nitrogens with one attached hydrogen (secondary N) is 2. The van der Waals surface area contributed by atoms with Crippen molar-refractivity contribution in [3.05, 3.63) is 28.0 Å². The molecule has 1 saturated heterocycles. The zero-order valence-corrected chi connectivity index (χ0v) is 16.2. The monoisotopic (exact) mass is 376 g/mol. The van der Waals surface area contributed by atoms with Crippen LogP contribution in [0.2, 0.25) is 5.02 Å². The summed E-state index contributed by atoms with van der Waals surface area (Å²) < 4.78 is 30.0. The molecule has 24 heavy (non-hydrogen) atoms. The molecule has 0 aromatic heterocycles. The van der Waals surface area contributed by atoms with Gasteiger partial charge in [-0.05, 0) is 71.2 Å². The van der Waals surface area contributed by atoms with Gasteiger partial charge in [0.1, 0.15) is 10.5 Å². The van der Waals surface area contributed by atoms with Gasteiger partial charge in [-0.15, -0.1) is 4.72 Å². The molecule has 1 heterocycles. The molecule has 0 radical (unpaired) electrons. The van der Waals surface area contributed by atoms with Crippen molar-refractivity contribution in [1.82, 2.24) is 10.0 Å². The normalized spacial score (nSPS) is 19.3. The third-order valence-electron chi connectivity index (χ3n) is 4.36. The highest BCUT2D eigenvalue weighted by molar-refractivity contribution is 7.90. The zero-order chi connectivity index (χ0) is 18.1. The number of rotatable bonds is 4. The van der Waals surface area contributed by atoms with Crippen LogP contribution in [0.4, 0.5) is 4.39 Å². The number of phenolic OH excluding ortho intramolecular Hbond substituents is 1. The van der Waals surface area contributed by atoms with Crippen molar-refractivity contribution < 1.29 is 14.0 Å². The van der Waals surface area contributed by atoms with Crippen LogP contribution in [0.25, 0.3) is 0 Å². The Labute approximate surface area is 151 Å². The second kappa shape index (κ2) is 7.79. The number of aryl methyl sites for hydroxylation is 1. The van der Waals surface area contributed by atoms with Crippen LogP contribution < -0.4 is 10.0 Å². The van der Waals surface area contributed by atoms with Crippen LogP contribution in [-0.2, 0) is 11.4 Å². The lowest BCUT2D eigenvalue weighted by molar-refractivity contribution is 0.293. The third-order valence-corrected chi connectivity index (χ3v) is 6.41. The Hall–Kier alpha value is -0.530. The van der Waals surface area contributed by atoms with Gasteiger partial charge in [-0.25, -0.2) is 4.39 Å². The lowest BCUT2D eigenvalue weighted by atomic mass is 9.85. The van der Waals surface area contributed by atoms with Crippen LogP contribution in [0, 0.1) is 18.7 Å². The minimum atomic E-state index is -1.39. The molecule has 1 aromatic carbocycles. The summed E-state index contributed by atoms with van der Waals surface area (Å²) in [7, 11) is 0. The lowest BCUT2D eigenvalue weighted by Crippen LogP contribution is -2.45. The summed E-state index contributed by atoms with van der Waals surface area (Å²) in [5.41, 5.74) is 0.603. The molecule has 1 fully saturated rings. The van der Waals surface area contributed by atoms with Gasteiger partial charge in [-0.1, -0.05) is 11.6 Å². The molecule has 0 bridgehead atoms. The van der Waals surface area contributed by atoms with E-state index in [1.54, 1.807) is 6.92 Å². The first-order chi connectivity index (χ1) is 11.1. The number of hydrogen-bond donors (Lipinski definition) is 3. The van der Waals surface area contributed by atoms with Crippen molar-refractivity contribution in [3.8, 4) is 5.75 Å². The van der Waals surface area contributed by atoms with Crippen molar-refractivity contribution in [2.24, 2.45) is 5.92 Å². The van der Waals surface area contributed by atoms with Gasteiger partial charge < -0.3 is 15.0 Å². The molecule has 1 aliphatic rings. The highest BCUT2D eigenvalue weighted by Crippen LogP contribution is 2.40. The average molecular weight is 377 g/mol. The summed E-state index contributed by atoms with van der Waals surface area (Å²) >= 11 is 4.67. The molecule has 0 amide bonds. The fourth-order valence-corrected chi connectivity index (χ4v) is 3.96. The smallest absolute Gasteiger partial charge is 0.150 e. The molecular weight excluding hydrogens is 351 g/mol. The Morgan fingerprint density at radius 1 is 1.42 bits per heavy atom. The Morgan fingerprint density at radius 2 is 2.00 bits per heavy atom. The molecule has 1 unspecified atom stereocenters. The summed E-state index contributed by atoms with van der Waals surface area (Å²) in [6.45, 7) is 8.84. The maximum atomic E-state index is 14.8. The molecule has 2 rings (SSSR count). The second-order valence-corrected chi connectivity index (χ2v) is 9.69. The molecule has 0 aliphatic carbocycles. The number of halogens is 2. The molecule has 4 nitrogen and oxygen atoms in total.